The lowest BCUT2D eigenvalue weighted by atomic mass is 10.1. The fourth-order valence-corrected chi connectivity index (χ4v) is 3.72. The largest absolute Gasteiger partial charge is 0.491 e. The standard InChI is InChI=1S/C25H31N5O2.HI/c1-19-9-10-21(24(14-19)32-18-23-8-4-13-31-23)17-28-25(26-2)27-16-20-6-3-7-22(15-20)30-12-5-11-29-30;/h3,5-7,9-12,14-15,23H,4,8,13,16-18H2,1-2H3,(H2,26,27,28);1H. The Morgan fingerprint density at radius 2 is 2.06 bits per heavy atom. The van der Waals surface area contributed by atoms with Gasteiger partial charge in [0.15, 0.2) is 5.96 Å². The molecule has 2 heterocycles. The molecule has 4 rings (SSSR count). The molecule has 2 aromatic carbocycles. The minimum atomic E-state index is 0. The number of nitrogens with zero attached hydrogens (tertiary/aromatic N) is 3. The number of ether oxygens (including phenoxy) is 2. The number of aromatic nitrogens is 2. The lowest BCUT2D eigenvalue weighted by Gasteiger charge is -2.17. The molecule has 7 nitrogen and oxygen atoms in total. The normalized spacial score (nSPS) is 15.7. The van der Waals surface area contributed by atoms with E-state index in [9.17, 15) is 0 Å². The highest BCUT2D eigenvalue weighted by atomic mass is 127. The van der Waals surface area contributed by atoms with E-state index >= 15 is 0 Å². The second kappa shape index (κ2) is 12.6. The van der Waals surface area contributed by atoms with E-state index in [0.717, 1.165) is 48.0 Å². The van der Waals surface area contributed by atoms with Gasteiger partial charge in [0.2, 0.25) is 0 Å². The van der Waals surface area contributed by atoms with Gasteiger partial charge in [-0.15, -0.1) is 24.0 Å². The summed E-state index contributed by atoms with van der Waals surface area (Å²) in [5, 5.41) is 11.1. The maximum Gasteiger partial charge on any atom is 0.191 e. The molecule has 33 heavy (non-hydrogen) atoms. The Kier molecular flexibility index (Phi) is 9.56. The van der Waals surface area contributed by atoms with Crippen LogP contribution in [0, 0.1) is 6.92 Å². The number of hydrogen-bond donors (Lipinski definition) is 2. The van der Waals surface area contributed by atoms with Crippen molar-refractivity contribution in [1.82, 2.24) is 20.4 Å². The van der Waals surface area contributed by atoms with Crippen LogP contribution in [0.25, 0.3) is 5.69 Å². The Balaban J connectivity index is 0.00000306. The highest BCUT2D eigenvalue weighted by Gasteiger charge is 2.17. The predicted molar refractivity (Wildman–Crippen MR) is 142 cm³/mol. The summed E-state index contributed by atoms with van der Waals surface area (Å²) in [6, 6.07) is 16.5. The lowest BCUT2D eigenvalue weighted by molar-refractivity contribution is 0.0676. The molecule has 3 aromatic rings. The monoisotopic (exact) mass is 561 g/mol. The van der Waals surface area contributed by atoms with E-state index in [1.54, 1.807) is 13.2 Å². The Labute approximate surface area is 212 Å². The number of guanidine groups is 1. The highest BCUT2D eigenvalue weighted by Crippen LogP contribution is 2.22. The molecule has 176 valence electrons. The summed E-state index contributed by atoms with van der Waals surface area (Å²) < 4.78 is 13.7. The van der Waals surface area contributed by atoms with Crippen LogP contribution in [0.15, 0.2) is 65.9 Å². The van der Waals surface area contributed by atoms with E-state index in [1.165, 1.54) is 5.56 Å². The first-order valence-electron chi connectivity index (χ1n) is 11.1. The molecular weight excluding hydrogens is 529 g/mol. The molecule has 0 spiro atoms. The van der Waals surface area contributed by atoms with Gasteiger partial charge >= 0.3 is 0 Å². The third-order valence-electron chi connectivity index (χ3n) is 5.48. The van der Waals surface area contributed by atoms with Gasteiger partial charge < -0.3 is 20.1 Å². The number of aryl methyl sites for hydroxylation is 1. The van der Waals surface area contributed by atoms with Gasteiger partial charge in [0.05, 0.1) is 11.8 Å². The van der Waals surface area contributed by atoms with Crippen LogP contribution in [-0.2, 0) is 17.8 Å². The first kappa shape index (κ1) is 25.0. The van der Waals surface area contributed by atoms with Crippen molar-refractivity contribution in [3.8, 4) is 11.4 Å². The fraction of sp³-hybridized carbons (Fsp3) is 0.360. The van der Waals surface area contributed by atoms with Crippen LogP contribution in [0.5, 0.6) is 5.75 Å². The van der Waals surface area contributed by atoms with Crippen LogP contribution in [-0.4, -0.2) is 42.1 Å². The lowest BCUT2D eigenvalue weighted by Crippen LogP contribution is -2.36. The molecule has 1 atom stereocenters. The number of halogens is 1. The molecule has 8 heteroatoms. The van der Waals surface area contributed by atoms with Crippen LogP contribution in [0.2, 0.25) is 0 Å². The van der Waals surface area contributed by atoms with Gasteiger partial charge in [-0.3, -0.25) is 4.99 Å². The van der Waals surface area contributed by atoms with Crippen LogP contribution < -0.4 is 15.4 Å². The molecule has 0 saturated carbocycles. The van der Waals surface area contributed by atoms with Crippen molar-refractivity contribution >= 4 is 29.9 Å². The fourth-order valence-electron chi connectivity index (χ4n) is 3.72. The summed E-state index contributed by atoms with van der Waals surface area (Å²) in [6.07, 6.45) is 6.09. The number of hydrogen-bond acceptors (Lipinski definition) is 4. The van der Waals surface area contributed by atoms with E-state index in [1.807, 2.05) is 29.1 Å². The van der Waals surface area contributed by atoms with E-state index in [-0.39, 0.29) is 30.1 Å². The summed E-state index contributed by atoms with van der Waals surface area (Å²) in [5.74, 6) is 1.63. The first-order chi connectivity index (χ1) is 15.7. The van der Waals surface area contributed by atoms with E-state index in [2.05, 4.69) is 58.0 Å². The molecule has 0 amide bonds. The van der Waals surface area contributed by atoms with Crippen LogP contribution in [0.1, 0.15) is 29.5 Å². The van der Waals surface area contributed by atoms with E-state index < -0.39 is 0 Å². The van der Waals surface area contributed by atoms with Gasteiger partial charge in [-0.2, -0.15) is 5.10 Å². The topological polar surface area (TPSA) is 72.7 Å². The minimum Gasteiger partial charge on any atom is -0.491 e. The Morgan fingerprint density at radius 1 is 1.18 bits per heavy atom. The minimum absolute atomic E-state index is 0. The summed E-state index contributed by atoms with van der Waals surface area (Å²) >= 11 is 0. The quantitative estimate of drug-likeness (QED) is 0.245. The molecule has 1 saturated heterocycles. The van der Waals surface area contributed by atoms with Gasteiger partial charge in [0, 0.05) is 44.7 Å². The average molecular weight is 561 g/mol. The van der Waals surface area contributed by atoms with Crippen LogP contribution in [0.3, 0.4) is 0 Å². The van der Waals surface area contributed by atoms with Crippen LogP contribution in [0.4, 0.5) is 0 Å². The van der Waals surface area contributed by atoms with Gasteiger partial charge in [0.1, 0.15) is 12.4 Å². The van der Waals surface area contributed by atoms with Gasteiger partial charge in [-0.25, -0.2) is 4.68 Å². The molecule has 2 N–H and O–H groups in total. The maximum atomic E-state index is 6.11. The van der Waals surface area contributed by atoms with Gasteiger partial charge in [-0.1, -0.05) is 24.3 Å². The number of aliphatic imine (C=N–C) groups is 1. The average Bonchev–Trinajstić information content (AvgIpc) is 3.53. The molecule has 1 fully saturated rings. The van der Waals surface area contributed by atoms with Crippen LogP contribution >= 0.6 is 24.0 Å². The Morgan fingerprint density at radius 3 is 2.82 bits per heavy atom. The van der Waals surface area contributed by atoms with Gasteiger partial charge in [-0.05, 0) is 55.2 Å². The molecule has 0 aliphatic carbocycles. The second-order valence-corrected chi connectivity index (χ2v) is 7.96. The van der Waals surface area contributed by atoms with E-state index in [4.69, 9.17) is 9.47 Å². The number of nitrogens with one attached hydrogen (secondary N) is 2. The summed E-state index contributed by atoms with van der Waals surface area (Å²) in [5.41, 5.74) is 4.45. The van der Waals surface area contributed by atoms with Crippen molar-refractivity contribution in [2.24, 2.45) is 4.99 Å². The highest BCUT2D eigenvalue weighted by molar-refractivity contribution is 14.0. The summed E-state index contributed by atoms with van der Waals surface area (Å²) in [6.45, 7) is 4.78. The maximum absolute atomic E-state index is 6.11. The van der Waals surface area contributed by atoms with Crippen molar-refractivity contribution in [2.45, 2.75) is 39.0 Å². The zero-order chi connectivity index (χ0) is 22.2. The number of benzene rings is 2. The Bertz CT molecular complexity index is 1030. The molecule has 1 aliphatic rings. The van der Waals surface area contributed by atoms with Crippen molar-refractivity contribution in [3.05, 3.63) is 77.6 Å². The summed E-state index contributed by atoms with van der Waals surface area (Å²) in [4.78, 5) is 4.36. The zero-order valence-electron chi connectivity index (χ0n) is 19.2. The second-order valence-electron chi connectivity index (χ2n) is 7.96. The zero-order valence-corrected chi connectivity index (χ0v) is 21.5. The molecule has 1 aromatic heterocycles. The molecule has 1 aliphatic heterocycles. The smallest absolute Gasteiger partial charge is 0.191 e. The van der Waals surface area contributed by atoms with Crippen molar-refractivity contribution in [1.29, 1.82) is 0 Å². The number of rotatable bonds is 8. The van der Waals surface area contributed by atoms with Crippen molar-refractivity contribution in [3.63, 3.8) is 0 Å². The first-order valence-corrected chi connectivity index (χ1v) is 11.1. The third kappa shape index (κ3) is 7.20. The molecule has 0 radical (unpaired) electrons. The third-order valence-corrected chi connectivity index (χ3v) is 5.48. The summed E-state index contributed by atoms with van der Waals surface area (Å²) in [7, 11) is 1.78. The molecule has 1 unspecified atom stereocenters. The molecule has 0 bridgehead atoms. The molecular formula is C25H32IN5O2. The predicted octanol–water partition coefficient (Wildman–Crippen LogP) is 4.22. The van der Waals surface area contributed by atoms with Crippen molar-refractivity contribution in [2.75, 3.05) is 20.3 Å². The Hall–Kier alpha value is -2.59. The SMILES string of the molecule is CN=C(NCc1cccc(-n2cccn2)c1)NCc1ccc(C)cc1OCC1CCCO1.I. The van der Waals surface area contributed by atoms with E-state index in [0.29, 0.717) is 19.7 Å². The van der Waals surface area contributed by atoms with Crippen molar-refractivity contribution < 1.29 is 9.47 Å². The van der Waals surface area contributed by atoms with Gasteiger partial charge in [0.25, 0.3) is 0 Å².